The molecule has 10 N–H and O–H groups in total. The van der Waals surface area contributed by atoms with Gasteiger partial charge in [-0.2, -0.15) is 0 Å². The van der Waals surface area contributed by atoms with E-state index in [9.17, 15) is 43.2 Å². The average Bonchev–Trinajstić information content (AvgIpc) is 1.84. The van der Waals surface area contributed by atoms with Gasteiger partial charge in [0.15, 0.2) is 0 Å². The number of nitrogens with two attached hydrogens (primary N) is 1. The highest BCUT2D eigenvalue weighted by atomic mass is 16.2. The summed E-state index contributed by atoms with van der Waals surface area (Å²) in [4.78, 5) is 179. The zero-order valence-electron chi connectivity index (χ0n) is 53.9. The predicted molar refractivity (Wildman–Crippen MR) is 337 cm³/mol. The van der Waals surface area contributed by atoms with Crippen LogP contribution in [0.4, 0.5) is 0 Å². The van der Waals surface area contributed by atoms with Gasteiger partial charge in [0, 0.05) is 45.2 Å². The molecule has 4 saturated heterocycles. The molecular formula is C66H95N13O12. The van der Waals surface area contributed by atoms with E-state index in [4.69, 9.17) is 5.73 Å². The number of carbonyl (C=O) groups is 12. The summed E-state index contributed by atoms with van der Waals surface area (Å²) in [7, 11) is 0. The molecule has 0 aliphatic carbocycles. The third-order valence-electron chi connectivity index (χ3n) is 18.3. The number of nitrogens with zero attached hydrogens (tertiary/aromatic N) is 4. The van der Waals surface area contributed by atoms with E-state index < -0.39 is 161 Å². The second-order valence-corrected chi connectivity index (χ2v) is 25.8. The maximum atomic E-state index is 15.3. The van der Waals surface area contributed by atoms with Crippen LogP contribution in [0.2, 0.25) is 0 Å². The lowest BCUT2D eigenvalue weighted by atomic mass is 9.94. The second kappa shape index (κ2) is 32.6. The Kier molecular flexibility index (Phi) is 25.1. The SMILES string of the molecule is CC[C@H](C)[C@H](NC(=O)[C@@H](NC(=O)[C@@H]1CCCN1C(=O)/C1=C/N[C@@H](CC(C)C)C(=O)N2CCC[C@H]2C(=O)N[C@@H](Cc2ccccc2)C(=O)N[C@@H](Cc2ccccc2)C(=O)N2CCC[C@H]2C(=O)N2CCC[C@H]2C(=O)N[C@@H](C(C)C)C(=O)N1)[C@@H](C)CC)C(=O)NCC(N)=O. The van der Waals surface area contributed by atoms with E-state index >= 15 is 14.4 Å². The first-order valence-corrected chi connectivity index (χ1v) is 32.6. The number of carbonyl (C=O) groups excluding carboxylic acids is 12. The van der Waals surface area contributed by atoms with E-state index in [1.54, 1.807) is 39.8 Å². The number of benzene rings is 2. The van der Waals surface area contributed by atoms with Crippen molar-refractivity contribution in [2.75, 3.05) is 32.7 Å². The summed E-state index contributed by atoms with van der Waals surface area (Å²) >= 11 is 0. The van der Waals surface area contributed by atoms with Crippen LogP contribution in [0.5, 0.6) is 0 Å². The fraction of sp³-hybridized carbons (Fsp3) is 0.606. The van der Waals surface area contributed by atoms with Crippen LogP contribution in [0, 0.1) is 23.7 Å². The largest absolute Gasteiger partial charge is 0.378 e. The maximum absolute atomic E-state index is 15.3. The summed E-state index contributed by atoms with van der Waals surface area (Å²) in [5, 5.41) is 22.7. The lowest BCUT2D eigenvalue weighted by Gasteiger charge is -2.34. The van der Waals surface area contributed by atoms with Crippen molar-refractivity contribution in [3.8, 4) is 0 Å². The molecule has 4 fully saturated rings. The first kappa shape index (κ1) is 70.1. The second-order valence-electron chi connectivity index (χ2n) is 25.8. The molecule has 5 aliphatic rings. The van der Waals surface area contributed by atoms with Crippen LogP contribution in [-0.2, 0) is 70.4 Å². The van der Waals surface area contributed by atoms with Crippen LogP contribution in [0.15, 0.2) is 72.6 Å². The monoisotopic (exact) mass is 1260 g/mol. The van der Waals surface area contributed by atoms with E-state index in [0.717, 1.165) is 5.56 Å². The van der Waals surface area contributed by atoms with E-state index in [1.165, 1.54) is 25.8 Å². The van der Waals surface area contributed by atoms with Gasteiger partial charge in [-0.25, -0.2) is 0 Å². The molecule has 12 amide bonds. The standard InChI is InChI=1S/C66H95N13O12/c1-9-40(7)54(60(85)69-37-52(67)80)75-62(87)55(41(8)10-2)74-59(84)49-26-18-30-77(49)65(90)47-36-68-45(33-38(3)4)63(88)76-29-17-25-48(76)57(82)70-44(34-42-21-13-11-14-22-42)56(81)71-46(35-43-23-15-12-16-24-43)64(89)79-32-20-28-51(79)66(91)78-31-19-27-50(78)58(83)73-53(39(5)6)61(86)72-47/h11-16,21-24,36,38-41,44-46,48-51,53-55,68H,9-10,17-20,25-35,37H2,1-8H3,(H2,67,80)(H,69,85)(H,70,82)(H,71,81)(H,72,86)(H,73,83)(H,74,84)(H,75,87)/b47-36-/t40-,41-,44-,45-,46-,48-,49-,50-,51-,53-,54-,55-/m0/s1. The van der Waals surface area contributed by atoms with Crippen molar-refractivity contribution in [2.24, 2.45) is 29.4 Å². The quantitative estimate of drug-likeness (QED) is 0.0956. The Bertz CT molecular complexity index is 3000. The number of likely N-dealkylation sites (tertiary alicyclic amines) is 1. The van der Waals surface area contributed by atoms with E-state index in [0.29, 0.717) is 44.1 Å². The first-order chi connectivity index (χ1) is 43.4. The average molecular weight is 1260 g/mol. The highest BCUT2D eigenvalue weighted by molar-refractivity contribution is 6.03. The third-order valence-corrected chi connectivity index (χ3v) is 18.3. The number of nitrogens with one attached hydrogen (secondary N) is 8. The van der Waals surface area contributed by atoms with E-state index in [2.05, 4.69) is 42.5 Å². The van der Waals surface area contributed by atoms with Gasteiger partial charge >= 0.3 is 0 Å². The summed E-state index contributed by atoms with van der Waals surface area (Å²) in [6, 6.07) is 6.74. The number of amides is 12. The lowest BCUT2D eigenvalue weighted by molar-refractivity contribution is -0.148. The smallest absolute Gasteiger partial charge is 0.272 e. The van der Waals surface area contributed by atoms with Crippen molar-refractivity contribution in [1.29, 1.82) is 0 Å². The Morgan fingerprint density at radius 3 is 1.60 bits per heavy atom. The maximum Gasteiger partial charge on any atom is 0.272 e. The van der Waals surface area contributed by atoms with Gasteiger partial charge in [-0.05, 0) is 92.6 Å². The van der Waals surface area contributed by atoms with Gasteiger partial charge in [-0.3, -0.25) is 57.5 Å². The summed E-state index contributed by atoms with van der Waals surface area (Å²) < 4.78 is 0. The van der Waals surface area contributed by atoms with Crippen molar-refractivity contribution in [1.82, 2.24) is 62.1 Å². The number of fused-ring (bicyclic) bond motifs is 3. The molecular weight excluding hydrogens is 1170 g/mol. The minimum Gasteiger partial charge on any atom is -0.378 e. The molecule has 2 aromatic carbocycles. The zero-order chi connectivity index (χ0) is 66.2. The molecule has 5 aliphatic heterocycles. The Hall–Kier alpha value is -8.38. The van der Waals surface area contributed by atoms with Crippen LogP contribution >= 0.6 is 0 Å². The molecule has 0 spiro atoms. The minimum absolute atomic E-state index is 0.0179. The molecule has 7 rings (SSSR count). The number of rotatable bonds is 19. The molecule has 2 aromatic rings. The first-order valence-electron chi connectivity index (χ1n) is 32.6. The molecule has 0 aromatic heterocycles. The van der Waals surface area contributed by atoms with Crippen LogP contribution in [0.1, 0.15) is 137 Å². The fourth-order valence-electron chi connectivity index (χ4n) is 12.8. The summed E-state index contributed by atoms with van der Waals surface area (Å²) in [6.07, 6.45) is 4.90. The summed E-state index contributed by atoms with van der Waals surface area (Å²) in [5.74, 6) is -9.47. The molecule has 25 nitrogen and oxygen atoms in total. The number of primary amides is 1. The van der Waals surface area contributed by atoms with Gasteiger partial charge in [-0.15, -0.1) is 0 Å². The summed E-state index contributed by atoms with van der Waals surface area (Å²) in [6.45, 7) is 14.4. The predicted octanol–water partition coefficient (Wildman–Crippen LogP) is 1.19. The molecule has 0 saturated carbocycles. The molecule has 0 unspecified atom stereocenters. The van der Waals surface area contributed by atoms with Crippen molar-refractivity contribution < 1.29 is 57.5 Å². The Balaban J connectivity index is 1.25. The molecule has 0 bridgehead atoms. The van der Waals surface area contributed by atoms with Crippen molar-refractivity contribution >= 4 is 70.9 Å². The number of hydrogen-bond acceptors (Lipinski definition) is 13. The van der Waals surface area contributed by atoms with Crippen LogP contribution in [0.25, 0.3) is 0 Å². The van der Waals surface area contributed by atoms with Gasteiger partial charge in [0.25, 0.3) is 5.91 Å². The Labute approximate surface area is 533 Å². The van der Waals surface area contributed by atoms with Crippen molar-refractivity contribution in [2.45, 2.75) is 199 Å². The Morgan fingerprint density at radius 1 is 0.560 bits per heavy atom. The molecule has 25 heteroatoms. The number of hydrogen-bond donors (Lipinski definition) is 9. The molecule has 0 radical (unpaired) electrons. The van der Waals surface area contributed by atoms with Crippen LogP contribution in [-0.4, -0.2) is 184 Å². The van der Waals surface area contributed by atoms with Gasteiger partial charge < -0.3 is 67.9 Å². The molecule has 5 heterocycles. The third kappa shape index (κ3) is 18.0. The molecule has 12 atom stereocenters. The van der Waals surface area contributed by atoms with Gasteiger partial charge in [0.2, 0.25) is 65.0 Å². The topological polar surface area (TPSA) is 340 Å². The molecule has 496 valence electrons. The fourth-order valence-corrected chi connectivity index (χ4v) is 12.8. The van der Waals surface area contributed by atoms with Gasteiger partial charge in [0.05, 0.1) is 6.54 Å². The minimum atomic E-state index is -1.31. The van der Waals surface area contributed by atoms with E-state index in [-0.39, 0.29) is 77.0 Å². The normalized spacial score (nSPS) is 25.9. The Morgan fingerprint density at radius 2 is 1.05 bits per heavy atom. The van der Waals surface area contributed by atoms with Crippen molar-refractivity contribution in [3.63, 3.8) is 0 Å². The highest BCUT2D eigenvalue weighted by Crippen LogP contribution is 2.28. The van der Waals surface area contributed by atoms with Gasteiger partial charge in [-0.1, -0.05) is 129 Å². The van der Waals surface area contributed by atoms with Crippen LogP contribution < -0.4 is 48.3 Å². The van der Waals surface area contributed by atoms with Crippen LogP contribution in [0.3, 0.4) is 0 Å². The lowest BCUT2D eigenvalue weighted by Crippen LogP contribution is -2.60. The zero-order valence-corrected chi connectivity index (χ0v) is 53.9. The van der Waals surface area contributed by atoms with E-state index in [1.807, 2.05) is 76.2 Å². The highest BCUT2D eigenvalue weighted by Gasteiger charge is 2.47. The summed E-state index contributed by atoms with van der Waals surface area (Å²) in [5.41, 5.74) is 6.33. The van der Waals surface area contributed by atoms with Gasteiger partial charge in [0.1, 0.15) is 66.1 Å². The van der Waals surface area contributed by atoms with Crippen molar-refractivity contribution in [3.05, 3.63) is 83.7 Å². The molecule has 91 heavy (non-hydrogen) atoms.